The summed E-state index contributed by atoms with van der Waals surface area (Å²) >= 11 is 2.51. The van der Waals surface area contributed by atoms with E-state index < -0.39 is 4.92 Å². The zero-order chi connectivity index (χ0) is 17.3. The molecule has 10 heteroatoms. The second-order valence-electron chi connectivity index (χ2n) is 5.02. The van der Waals surface area contributed by atoms with Gasteiger partial charge in [-0.2, -0.15) is 0 Å². The number of carbonyl (C=O) groups is 1. The van der Waals surface area contributed by atoms with Crippen LogP contribution in [0, 0.1) is 24.0 Å². The van der Waals surface area contributed by atoms with Gasteiger partial charge in [-0.1, -0.05) is 23.1 Å². The summed E-state index contributed by atoms with van der Waals surface area (Å²) in [6.45, 7) is 3.82. The van der Waals surface area contributed by atoms with Crippen LogP contribution in [0.3, 0.4) is 0 Å². The standard InChI is InChI=1S/C14H13N5O3S2/c1-7-8(2)16-13(15-7)23-6-12(20)18-14-17-10-4-3-9(19(21)22)5-11(10)24-14/h3-5H,6H2,1-2H3,(H,15,16)(H,17,18,20). The third-order valence-corrected chi connectivity index (χ3v) is 5.08. The molecule has 124 valence electrons. The number of nitro groups is 1. The van der Waals surface area contributed by atoms with Gasteiger partial charge in [0.1, 0.15) is 0 Å². The van der Waals surface area contributed by atoms with Crippen LogP contribution in [0.15, 0.2) is 23.4 Å². The molecule has 0 fully saturated rings. The van der Waals surface area contributed by atoms with Gasteiger partial charge in [0.25, 0.3) is 5.69 Å². The largest absolute Gasteiger partial charge is 0.337 e. The second-order valence-corrected chi connectivity index (χ2v) is 7.01. The molecular weight excluding hydrogens is 350 g/mol. The van der Waals surface area contributed by atoms with Crippen LogP contribution in [-0.4, -0.2) is 31.5 Å². The number of thiazole rings is 1. The number of hydrogen-bond acceptors (Lipinski definition) is 7. The molecule has 8 nitrogen and oxygen atoms in total. The van der Waals surface area contributed by atoms with E-state index in [4.69, 9.17) is 0 Å². The Kier molecular flexibility index (Phi) is 4.49. The molecule has 3 aromatic rings. The molecule has 1 aromatic carbocycles. The van der Waals surface area contributed by atoms with Gasteiger partial charge in [0.2, 0.25) is 5.91 Å². The average molecular weight is 363 g/mol. The first kappa shape index (κ1) is 16.4. The topological polar surface area (TPSA) is 114 Å². The molecule has 2 heterocycles. The molecule has 0 saturated carbocycles. The molecule has 0 saturated heterocycles. The Morgan fingerprint density at radius 2 is 2.21 bits per heavy atom. The highest BCUT2D eigenvalue weighted by molar-refractivity contribution is 7.99. The molecule has 0 unspecified atom stereocenters. The quantitative estimate of drug-likeness (QED) is 0.408. The van der Waals surface area contributed by atoms with Crippen molar-refractivity contribution in [2.45, 2.75) is 19.0 Å². The molecule has 3 rings (SSSR count). The Morgan fingerprint density at radius 3 is 2.88 bits per heavy atom. The van der Waals surface area contributed by atoms with Crippen LogP contribution in [0.25, 0.3) is 10.2 Å². The Bertz CT molecular complexity index is 914. The van der Waals surface area contributed by atoms with Crippen molar-refractivity contribution in [1.29, 1.82) is 0 Å². The minimum Gasteiger partial charge on any atom is -0.337 e. The molecular formula is C14H13N5O3S2. The molecule has 0 aliphatic heterocycles. The molecule has 24 heavy (non-hydrogen) atoms. The minimum absolute atomic E-state index is 0.00291. The summed E-state index contributed by atoms with van der Waals surface area (Å²) in [7, 11) is 0. The lowest BCUT2D eigenvalue weighted by Crippen LogP contribution is -2.13. The Hall–Kier alpha value is -2.46. The molecule has 0 radical (unpaired) electrons. The highest BCUT2D eigenvalue weighted by Crippen LogP contribution is 2.29. The SMILES string of the molecule is Cc1nc(SCC(=O)Nc2nc3ccc([N+](=O)[O-])cc3s2)[nH]c1C. The number of aromatic nitrogens is 3. The van der Waals surface area contributed by atoms with Gasteiger partial charge < -0.3 is 10.3 Å². The number of imidazole rings is 1. The van der Waals surface area contributed by atoms with Gasteiger partial charge >= 0.3 is 0 Å². The summed E-state index contributed by atoms with van der Waals surface area (Å²) in [5.74, 6) is -0.0112. The Balaban J connectivity index is 1.65. The Labute approximate surface area is 144 Å². The fourth-order valence-electron chi connectivity index (χ4n) is 1.95. The van der Waals surface area contributed by atoms with E-state index in [9.17, 15) is 14.9 Å². The maximum absolute atomic E-state index is 12.0. The number of hydrogen-bond donors (Lipinski definition) is 2. The first-order valence-electron chi connectivity index (χ1n) is 6.93. The monoisotopic (exact) mass is 363 g/mol. The highest BCUT2D eigenvalue weighted by Gasteiger charge is 2.13. The van der Waals surface area contributed by atoms with E-state index in [2.05, 4.69) is 20.3 Å². The number of non-ortho nitro benzene ring substituents is 1. The van der Waals surface area contributed by atoms with Crippen molar-refractivity contribution in [1.82, 2.24) is 15.0 Å². The van der Waals surface area contributed by atoms with E-state index in [1.807, 2.05) is 13.8 Å². The van der Waals surface area contributed by atoms with Crippen molar-refractivity contribution in [3.05, 3.63) is 39.7 Å². The fourth-order valence-corrected chi connectivity index (χ4v) is 3.63. The lowest BCUT2D eigenvalue weighted by molar-refractivity contribution is -0.384. The number of rotatable bonds is 5. The predicted octanol–water partition coefficient (Wildman–Crippen LogP) is 3.28. The van der Waals surface area contributed by atoms with Crippen molar-refractivity contribution in [3.8, 4) is 0 Å². The number of nitrogens with one attached hydrogen (secondary N) is 2. The number of amides is 1. The first-order chi connectivity index (χ1) is 11.4. The van der Waals surface area contributed by atoms with E-state index >= 15 is 0 Å². The number of aryl methyl sites for hydroxylation is 2. The van der Waals surface area contributed by atoms with E-state index in [1.54, 1.807) is 6.07 Å². The lowest BCUT2D eigenvalue weighted by Gasteiger charge is -1.99. The van der Waals surface area contributed by atoms with Gasteiger partial charge in [-0.3, -0.25) is 14.9 Å². The van der Waals surface area contributed by atoms with Gasteiger partial charge in [0, 0.05) is 17.8 Å². The molecule has 0 aliphatic carbocycles. The zero-order valence-electron chi connectivity index (χ0n) is 12.8. The van der Waals surface area contributed by atoms with Crippen molar-refractivity contribution >= 4 is 50.0 Å². The molecule has 0 bridgehead atoms. The number of anilines is 1. The van der Waals surface area contributed by atoms with Crippen LogP contribution in [0.2, 0.25) is 0 Å². The third kappa shape index (κ3) is 3.54. The number of nitrogens with zero attached hydrogens (tertiary/aromatic N) is 3. The van der Waals surface area contributed by atoms with Gasteiger partial charge in [0.15, 0.2) is 10.3 Å². The van der Waals surface area contributed by atoms with Crippen molar-refractivity contribution in [2.24, 2.45) is 0 Å². The van der Waals surface area contributed by atoms with Crippen LogP contribution >= 0.6 is 23.1 Å². The number of fused-ring (bicyclic) bond motifs is 1. The number of H-pyrrole nitrogens is 1. The van der Waals surface area contributed by atoms with Crippen LogP contribution < -0.4 is 5.32 Å². The highest BCUT2D eigenvalue weighted by atomic mass is 32.2. The maximum Gasteiger partial charge on any atom is 0.270 e. The average Bonchev–Trinajstić information content (AvgIpc) is 3.07. The first-order valence-corrected chi connectivity index (χ1v) is 8.73. The van der Waals surface area contributed by atoms with Gasteiger partial charge in [-0.05, 0) is 19.9 Å². The number of aromatic amines is 1. The van der Waals surface area contributed by atoms with Crippen molar-refractivity contribution in [2.75, 3.05) is 11.1 Å². The normalized spacial score (nSPS) is 10.9. The van der Waals surface area contributed by atoms with E-state index in [0.29, 0.717) is 20.5 Å². The summed E-state index contributed by atoms with van der Waals surface area (Å²) < 4.78 is 0.657. The van der Waals surface area contributed by atoms with Crippen molar-refractivity contribution < 1.29 is 9.72 Å². The van der Waals surface area contributed by atoms with Crippen LogP contribution in [0.5, 0.6) is 0 Å². The third-order valence-electron chi connectivity index (χ3n) is 3.28. The van der Waals surface area contributed by atoms with Crippen molar-refractivity contribution in [3.63, 3.8) is 0 Å². The van der Waals surface area contributed by atoms with Gasteiger partial charge in [-0.25, -0.2) is 9.97 Å². The summed E-state index contributed by atoms with van der Waals surface area (Å²) in [5.41, 5.74) is 2.50. The molecule has 0 spiro atoms. The molecule has 0 aliphatic rings. The van der Waals surface area contributed by atoms with E-state index in [0.717, 1.165) is 11.4 Å². The summed E-state index contributed by atoms with van der Waals surface area (Å²) in [4.78, 5) is 34.0. The summed E-state index contributed by atoms with van der Waals surface area (Å²) in [6.07, 6.45) is 0. The molecule has 1 amide bonds. The van der Waals surface area contributed by atoms with Crippen LogP contribution in [0.1, 0.15) is 11.4 Å². The number of carbonyl (C=O) groups excluding carboxylic acids is 1. The van der Waals surface area contributed by atoms with Gasteiger partial charge in [-0.15, -0.1) is 0 Å². The molecule has 0 atom stereocenters. The van der Waals surface area contributed by atoms with E-state index in [-0.39, 0.29) is 17.3 Å². The summed E-state index contributed by atoms with van der Waals surface area (Å²) in [5, 5.41) is 14.6. The number of thioether (sulfide) groups is 1. The van der Waals surface area contributed by atoms with E-state index in [1.165, 1.54) is 35.2 Å². The number of benzene rings is 1. The van der Waals surface area contributed by atoms with Crippen LogP contribution in [0.4, 0.5) is 10.8 Å². The lowest BCUT2D eigenvalue weighted by atomic mass is 10.3. The number of nitro benzene ring substituents is 1. The zero-order valence-corrected chi connectivity index (χ0v) is 14.5. The smallest absolute Gasteiger partial charge is 0.270 e. The maximum atomic E-state index is 12.0. The molecule has 2 aromatic heterocycles. The minimum atomic E-state index is -0.457. The Morgan fingerprint density at radius 1 is 1.42 bits per heavy atom. The predicted molar refractivity (Wildman–Crippen MR) is 93.7 cm³/mol. The van der Waals surface area contributed by atoms with Gasteiger partial charge in [0.05, 0.1) is 26.6 Å². The fraction of sp³-hybridized carbons (Fsp3) is 0.214. The summed E-state index contributed by atoms with van der Waals surface area (Å²) in [6, 6.07) is 4.42. The second kappa shape index (κ2) is 6.57. The molecule has 2 N–H and O–H groups in total. The van der Waals surface area contributed by atoms with Crippen LogP contribution in [-0.2, 0) is 4.79 Å².